The highest BCUT2D eigenvalue weighted by Gasteiger charge is 2.19. The fraction of sp³-hybridized carbons (Fsp3) is 0.917. The molecule has 1 unspecified atom stereocenters. The minimum atomic E-state index is -0.423. The molecule has 0 aromatic carbocycles. The van der Waals surface area contributed by atoms with E-state index in [0.717, 1.165) is 26.1 Å². The van der Waals surface area contributed by atoms with Gasteiger partial charge in [-0.1, -0.05) is 0 Å². The van der Waals surface area contributed by atoms with Gasteiger partial charge < -0.3 is 20.3 Å². The van der Waals surface area contributed by atoms with E-state index in [2.05, 4.69) is 22.6 Å². The topological polar surface area (TPSA) is 53.6 Å². The van der Waals surface area contributed by atoms with E-state index >= 15 is 0 Å². The number of carbonyl (C=O) groups is 1. The molecule has 1 aliphatic rings. The molecule has 0 bridgehead atoms. The third-order valence-corrected chi connectivity index (χ3v) is 2.79. The molecular weight excluding hydrogens is 218 g/mol. The molecule has 0 saturated carbocycles. The average molecular weight is 243 g/mol. The van der Waals surface area contributed by atoms with Gasteiger partial charge in [-0.3, -0.25) is 0 Å². The fourth-order valence-electron chi connectivity index (χ4n) is 1.84. The monoisotopic (exact) mass is 243 g/mol. The Kier molecular flexibility index (Phi) is 5.21. The number of ether oxygens (including phenoxy) is 1. The SMILES string of the molecule is CN1CCNCC1CCNC(=O)OC(C)(C)C. The van der Waals surface area contributed by atoms with E-state index in [1.165, 1.54) is 0 Å². The predicted molar refractivity (Wildman–Crippen MR) is 68.1 cm³/mol. The van der Waals surface area contributed by atoms with Gasteiger partial charge in [-0.2, -0.15) is 0 Å². The van der Waals surface area contributed by atoms with Crippen molar-refractivity contribution in [1.82, 2.24) is 15.5 Å². The number of nitrogens with zero attached hydrogens (tertiary/aromatic N) is 1. The van der Waals surface area contributed by atoms with Gasteiger partial charge in [0.1, 0.15) is 5.60 Å². The van der Waals surface area contributed by atoms with E-state index in [1.54, 1.807) is 0 Å². The molecule has 1 saturated heterocycles. The van der Waals surface area contributed by atoms with E-state index in [9.17, 15) is 4.79 Å². The molecule has 5 nitrogen and oxygen atoms in total. The first-order valence-corrected chi connectivity index (χ1v) is 6.26. The van der Waals surface area contributed by atoms with Crippen LogP contribution in [0.5, 0.6) is 0 Å². The van der Waals surface area contributed by atoms with Crippen molar-refractivity contribution >= 4 is 6.09 Å². The number of hydrogen-bond acceptors (Lipinski definition) is 4. The van der Waals surface area contributed by atoms with Crippen LogP contribution in [0.1, 0.15) is 27.2 Å². The molecule has 2 N–H and O–H groups in total. The molecule has 0 radical (unpaired) electrons. The molecular formula is C12H25N3O2. The summed E-state index contributed by atoms with van der Waals surface area (Å²) >= 11 is 0. The summed E-state index contributed by atoms with van der Waals surface area (Å²) in [5.41, 5.74) is -0.423. The maximum atomic E-state index is 11.4. The first-order chi connectivity index (χ1) is 7.88. The van der Waals surface area contributed by atoms with Crippen LogP contribution in [0.4, 0.5) is 4.79 Å². The van der Waals surface area contributed by atoms with Gasteiger partial charge in [0.15, 0.2) is 0 Å². The summed E-state index contributed by atoms with van der Waals surface area (Å²) in [7, 11) is 2.12. The molecule has 1 aliphatic heterocycles. The summed E-state index contributed by atoms with van der Waals surface area (Å²) in [4.78, 5) is 13.7. The van der Waals surface area contributed by atoms with E-state index in [4.69, 9.17) is 4.74 Å². The number of piperazine rings is 1. The zero-order chi connectivity index (χ0) is 12.9. The minimum Gasteiger partial charge on any atom is -0.444 e. The van der Waals surface area contributed by atoms with Crippen molar-refractivity contribution in [3.05, 3.63) is 0 Å². The Labute approximate surface area is 104 Å². The van der Waals surface area contributed by atoms with Crippen molar-refractivity contribution in [2.75, 3.05) is 33.2 Å². The molecule has 17 heavy (non-hydrogen) atoms. The Bertz CT molecular complexity index is 251. The largest absolute Gasteiger partial charge is 0.444 e. The Morgan fingerprint density at radius 3 is 2.82 bits per heavy atom. The molecule has 100 valence electrons. The zero-order valence-corrected chi connectivity index (χ0v) is 11.4. The molecule has 1 rings (SSSR count). The van der Waals surface area contributed by atoms with Crippen LogP contribution in [0.3, 0.4) is 0 Å². The van der Waals surface area contributed by atoms with Crippen LogP contribution in [0, 0.1) is 0 Å². The first-order valence-electron chi connectivity index (χ1n) is 6.26. The molecule has 0 aromatic rings. The predicted octanol–water partition coefficient (Wildman–Crippen LogP) is 0.805. The van der Waals surface area contributed by atoms with Crippen molar-refractivity contribution in [1.29, 1.82) is 0 Å². The molecule has 5 heteroatoms. The summed E-state index contributed by atoms with van der Waals surface area (Å²) in [5.74, 6) is 0. The Balaban J connectivity index is 2.16. The minimum absolute atomic E-state index is 0.330. The van der Waals surface area contributed by atoms with E-state index in [0.29, 0.717) is 12.6 Å². The van der Waals surface area contributed by atoms with E-state index in [1.807, 2.05) is 20.8 Å². The average Bonchev–Trinajstić information content (AvgIpc) is 2.18. The fourth-order valence-corrected chi connectivity index (χ4v) is 1.84. The second kappa shape index (κ2) is 6.21. The van der Waals surface area contributed by atoms with Gasteiger partial charge in [-0.25, -0.2) is 4.79 Å². The third-order valence-electron chi connectivity index (χ3n) is 2.79. The maximum Gasteiger partial charge on any atom is 0.407 e. The summed E-state index contributed by atoms with van der Waals surface area (Å²) in [6.45, 7) is 9.37. The number of rotatable bonds is 3. The van der Waals surface area contributed by atoms with E-state index in [-0.39, 0.29) is 6.09 Å². The molecule has 1 heterocycles. The summed E-state index contributed by atoms with van der Waals surface area (Å²) in [6, 6.07) is 0.499. The maximum absolute atomic E-state index is 11.4. The van der Waals surface area contributed by atoms with Gasteiger partial charge >= 0.3 is 6.09 Å². The lowest BCUT2D eigenvalue weighted by Crippen LogP contribution is -2.50. The number of alkyl carbamates (subject to hydrolysis) is 1. The second-order valence-corrected chi connectivity index (χ2v) is 5.56. The van der Waals surface area contributed by atoms with Gasteiger partial charge in [0.05, 0.1) is 0 Å². The molecule has 1 amide bonds. The van der Waals surface area contributed by atoms with Crippen molar-refractivity contribution in [2.45, 2.75) is 38.8 Å². The van der Waals surface area contributed by atoms with Crippen molar-refractivity contribution < 1.29 is 9.53 Å². The van der Waals surface area contributed by atoms with Gasteiger partial charge in [0.2, 0.25) is 0 Å². The normalized spacial score (nSPS) is 22.2. The first kappa shape index (κ1) is 14.3. The molecule has 1 atom stereocenters. The van der Waals surface area contributed by atoms with Gasteiger partial charge in [0.25, 0.3) is 0 Å². The Morgan fingerprint density at radius 2 is 2.24 bits per heavy atom. The highest BCUT2D eigenvalue weighted by Crippen LogP contribution is 2.07. The van der Waals surface area contributed by atoms with Crippen molar-refractivity contribution in [3.63, 3.8) is 0 Å². The summed E-state index contributed by atoms with van der Waals surface area (Å²) in [6.07, 6.45) is 0.617. The lowest BCUT2D eigenvalue weighted by atomic mass is 10.1. The molecule has 1 fully saturated rings. The van der Waals surface area contributed by atoms with Crippen LogP contribution in [-0.2, 0) is 4.74 Å². The van der Waals surface area contributed by atoms with Gasteiger partial charge in [-0.15, -0.1) is 0 Å². The Morgan fingerprint density at radius 1 is 1.53 bits per heavy atom. The van der Waals surface area contributed by atoms with Gasteiger partial charge in [-0.05, 0) is 34.2 Å². The van der Waals surface area contributed by atoms with Crippen LogP contribution in [-0.4, -0.2) is 55.9 Å². The number of amides is 1. The highest BCUT2D eigenvalue weighted by molar-refractivity contribution is 5.67. The molecule has 0 spiro atoms. The summed E-state index contributed by atoms with van der Waals surface area (Å²) < 4.78 is 5.17. The van der Waals surface area contributed by atoms with Crippen LogP contribution in [0.15, 0.2) is 0 Å². The Hall–Kier alpha value is -0.810. The van der Waals surface area contributed by atoms with Crippen molar-refractivity contribution in [2.24, 2.45) is 0 Å². The van der Waals surface area contributed by atoms with Gasteiger partial charge in [0, 0.05) is 32.2 Å². The van der Waals surface area contributed by atoms with Crippen LogP contribution in [0.2, 0.25) is 0 Å². The van der Waals surface area contributed by atoms with E-state index < -0.39 is 5.60 Å². The van der Waals surface area contributed by atoms with Crippen LogP contribution >= 0.6 is 0 Å². The quantitative estimate of drug-likeness (QED) is 0.770. The zero-order valence-electron chi connectivity index (χ0n) is 11.4. The van der Waals surface area contributed by atoms with Crippen LogP contribution < -0.4 is 10.6 Å². The smallest absolute Gasteiger partial charge is 0.407 e. The van der Waals surface area contributed by atoms with Crippen molar-refractivity contribution in [3.8, 4) is 0 Å². The van der Waals surface area contributed by atoms with Crippen LogP contribution in [0.25, 0.3) is 0 Å². The highest BCUT2D eigenvalue weighted by atomic mass is 16.6. The number of likely N-dealkylation sites (N-methyl/N-ethyl adjacent to an activating group) is 1. The standard InChI is InChI=1S/C12H25N3O2/c1-12(2,3)17-11(16)14-6-5-10-9-13-7-8-15(10)4/h10,13H,5-9H2,1-4H3,(H,14,16). The number of hydrogen-bond donors (Lipinski definition) is 2. The molecule has 0 aromatic heterocycles. The lowest BCUT2D eigenvalue weighted by molar-refractivity contribution is 0.0521. The molecule has 0 aliphatic carbocycles. The number of carbonyl (C=O) groups excluding carboxylic acids is 1. The third kappa shape index (κ3) is 5.89. The number of nitrogens with one attached hydrogen (secondary N) is 2. The lowest BCUT2D eigenvalue weighted by Gasteiger charge is -2.33. The summed E-state index contributed by atoms with van der Waals surface area (Å²) in [5, 5.41) is 6.15. The second-order valence-electron chi connectivity index (χ2n) is 5.56.